The Morgan fingerprint density at radius 3 is 2.55 bits per heavy atom. The lowest BCUT2D eigenvalue weighted by atomic mass is 10.2. The second kappa shape index (κ2) is 5.72. The minimum Gasteiger partial charge on any atom is -0.493 e. The number of tetrazole rings is 1. The maximum absolute atomic E-state index is 5.82. The fourth-order valence-electron chi connectivity index (χ4n) is 2.18. The molecule has 112 valence electrons. The van der Waals surface area contributed by atoms with Crippen LogP contribution in [0.5, 0.6) is 11.5 Å². The topological polar surface area (TPSA) is 88.1 Å². The molecule has 0 aliphatic carbocycles. The Balaban J connectivity index is 2.09. The lowest BCUT2D eigenvalue weighted by molar-refractivity contribution is 0.354. The van der Waals surface area contributed by atoms with Gasteiger partial charge in [-0.15, -0.1) is 5.10 Å². The summed E-state index contributed by atoms with van der Waals surface area (Å²) in [5, 5.41) is 11.9. The van der Waals surface area contributed by atoms with E-state index in [1.165, 1.54) is 0 Å². The molecule has 0 aliphatic rings. The monoisotopic (exact) mass is 297 g/mol. The van der Waals surface area contributed by atoms with Crippen LogP contribution in [0.25, 0.3) is 17.1 Å². The summed E-state index contributed by atoms with van der Waals surface area (Å²) in [6.07, 6.45) is 0. The molecule has 22 heavy (non-hydrogen) atoms. The first-order valence-electron chi connectivity index (χ1n) is 6.59. The van der Waals surface area contributed by atoms with Crippen molar-refractivity contribution >= 4 is 5.69 Å². The SMILES string of the molecule is COc1ccc(-n2nnnc2-c2cccc(N)c2)cc1OC. The molecule has 7 heteroatoms. The van der Waals surface area contributed by atoms with Crippen LogP contribution < -0.4 is 15.2 Å². The van der Waals surface area contributed by atoms with E-state index in [1.54, 1.807) is 25.0 Å². The summed E-state index contributed by atoms with van der Waals surface area (Å²) in [4.78, 5) is 0. The second-order valence-electron chi connectivity index (χ2n) is 4.58. The van der Waals surface area contributed by atoms with Gasteiger partial charge >= 0.3 is 0 Å². The Hall–Kier alpha value is -3.09. The number of methoxy groups -OCH3 is 2. The van der Waals surface area contributed by atoms with Gasteiger partial charge in [-0.05, 0) is 34.7 Å². The molecule has 0 saturated carbocycles. The van der Waals surface area contributed by atoms with Crippen molar-refractivity contribution in [2.45, 2.75) is 0 Å². The smallest absolute Gasteiger partial charge is 0.187 e. The van der Waals surface area contributed by atoms with Gasteiger partial charge in [0.25, 0.3) is 0 Å². The molecule has 1 aromatic heterocycles. The molecule has 0 atom stereocenters. The normalized spacial score (nSPS) is 10.5. The van der Waals surface area contributed by atoms with Gasteiger partial charge in [-0.3, -0.25) is 0 Å². The molecule has 0 saturated heterocycles. The van der Waals surface area contributed by atoms with Crippen molar-refractivity contribution in [3.8, 4) is 28.6 Å². The van der Waals surface area contributed by atoms with Gasteiger partial charge in [0.1, 0.15) is 0 Å². The zero-order chi connectivity index (χ0) is 15.5. The van der Waals surface area contributed by atoms with E-state index in [1.807, 2.05) is 36.4 Å². The molecule has 7 nitrogen and oxygen atoms in total. The summed E-state index contributed by atoms with van der Waals surface area (Å²) in [5.74, 6) is 1.85. The third-order valence-electron chi connectivity index (χ3n) is 3.23. The lowest BCUT2D eigenvalue weighted by Crippen LogP contribution is -2.01. The molecule has 3 aromatic rings. The number of nitrogens with zero attached hydrogens (tertiary/aromatic N) is 4. The Bertz CT molecular complexity index is 800. The van der Waals surface area contributed by atoms with Crippen molar-refractivity contribution < 1.29 is 9.47 Å². The zero-order valence-electron chi connectivity index (χ0n) is 12.2. The average molecular weight is 297 g/mol. The number of benzene rings is 2. The molecule has 0 aliphatic heterocycles. The van der Waals surface area contributed by atoms with Crippen LogP contribution >= 0.6 is 0 Å². The maximum Gasteiger partial charge on any atom is 0.187 e. The quantitative estimate of drug-likeness (QED) is 0.740. The highest BCUT2D eigenvalue weighted by molar-refractivity contribution is 5.63. The van der Waals surface area contributed by atoms with Crippen molar-refractivity contribution in [3.05, 3.63) is 42.5 Å². The van der Waals surface area contributed by atoms with Gasteiger partial charge in [0.05, 0.1) is 19.9 Å². The molecule has 0 amide bonds. The van der Waals surface area contributed by atoms with Crippen molar-refractivity contribution in [1.29, 1.82) is 0 Å². The standard InChI is InChI=1S/C15H15N5O2/c1-21-13-7-6-12(9-14(13)22-2)20-15(17-18-19-20)10-4-3-5-11(16)8-10/h3-9H,16H2,1-2H3. The van der Waals surface area contributed by atoms with Gasteiger partial charge in [0.15, 0.2) is 17.3 Å². The van der Waals surface area contributed by atoms with Gasteiger partial charge in [-0.2, -0.15) is 4.68 Å². The number of hydrogen-bond acceptors (Lipinski definition) is 6. The summed E-state index contributed by atoms with van der Waals surface area (Å²) in [7, 11) is 3.17. The molecule has 3 rings (SSSR count). The molecule has 1 heterocycles. The van der Waals surface area contributed by atoms with Crippen LogP contribution in [0.15, 0.2) is 42.5 Å². The van der Waals surface area contributed by atoms with Crippen LogP contribution in [0.2, 0.25) is 0 Å². The molecular weight excluding hydrogens is 282 g/mol. The van der Waals surface area contributed by atoms with Crippen LogP contribution in [0, 0.1) is 0 Å². The maximum atomic E-state index is 5.82. The summed E-state index contributed by atoms with van der Waals surface area (Å²) >= 11 is 0. The summed E-state index contributed by atoms with van der Waals surface area (Å²) in [6, 6.07) is 12.9. The summed E-state index contributed by atoms with van der Waals surface area (Å²) in [6.45, 7) is 0. The van der Waals surface area contributed by atoms with Crippen molar-refractivity contribution in [2.24, 2.45) is 0 Å². The Kier molecular flexibility index (Phi) is 3.61. The number of anilines is 1. The van der Waals surface area contributed by atoms with Crippen molar-refractivity contribution in [3.63, 3.8) is 0 Å². The Labute approximate surface area is 127 Å². The van der Waals surface area contributed by atoms with E-state index < -0.39 is 0 Å². The van der Waals surface area contributed by atoms with E-state index >= 15 is 0 Å². The lowest BCUT2D eigenvalue weighted by Gasteiger charge is -2.10. The predicted molar refractivity (Wildman–Crippen MR) is 82.1 cm³/mol. The minimum absolute atomic E-state index is 0.597. The van der Waals surface area contributed by atoms with E-state index in [-0.39, 0.29) is 0 Å². The van der Waals surface area contributed by atoms with E-state index in [4.69, 9.17) is 15.2 Å². The van der Waals surface area contributed by atoms with Gasteiger partial charge in [0.2, 0.25) is 0 Å². The third kappa shape index (κ3) is 2.44. The Morgan fingerprint density at radius 1 is 1.00 bits per heavy atom. The fraction of sp³-hybridized carbons (Fsp3) is 0.133. The first-order valence-corrected chi connectivity index (χ1v) is 6.59. The first-order chi connectivity index (χ1) is 10.7. The van der Waals surface area contributed by atoms with E-state index in [2.05, 4.69) is 15.5 Å². The molecule has 0 radical (unpaired) electrons. The Morgan fingerprint density at radius 2 is 1.82 bits per heavy atom. The molecule has 0 spiro atoms. The molecule has 2 aromatic carbocycles. The number of aromatic nitrogens is 4. The third-order valence-corrected chi connectivity index (χ3v) is 3.23. The van der Waals surface area contributed by atoms with Crippen molar-refractivity contribution in [2.75, 3.05) is 20.0 Å². The number of hydrogen-bond donors (Lipinski definition) is 1. The highest BCUT2D eigenvalue weighted by Gasteiger charge is 2.13. The zero-order valence-corrected chi connectivity index (χ0v) is 12.2. The number of rotatable bonds is 4. The van der Waals surface area contributed by atoms with Crippen molar-refractivity contribution in [1.82, 2.24) is 20.2 Å². The van der Waals surface area contributed by atoms with E-state index in [9.17, 15) is 0 Å². The van der Waals surface area contributed by atoms with Gasteiger partial charge in [0, 0.05) is 17.3 Å². The predicted octanol–water partition coefficient (Wildman–Crippen LogP) is 1.93. The van der Waals surface area contributed by atoms with Crippen LogP contribution in [0.3, 0.4) is 0 Å². The first kappa shape index (κ1) is 13.9. The van der Waals surface area contributed by atoms with Gasteiger partial charge in [-0.1, -0.05) is 12.1 Å². The summed E-state index contributed by atoms with van der Waals surface area (Å²) in [5.41, 5.74) is 8.07. The van der Waals surface area contributed by atoms with Crippen LogP contribution in [-0.4, -0.2) is 34.4 Å². The van der Waals surface area contributed by atoms with Crippen LogP contribution in [0.4, 0.5) is 5.69 Å². The second-order valence-corrected chi connectivity index (χ2v) is 4.58. The fourth-order valence-corrected chi connectivity index (χ4v) is 2.18. The molecule has 2 N–H and O–H groups in total. The molecular formula is C15H15N5O2. The van der Waals surface area contributed by atoms with Crippen LogP contribution in [-0.2, 0) is 0 Å². The average Bonchev–Trinajstić information content (AvgIpc) is 3.03. The highest BCUT2D eigenvalue weighted by Crippen LogP contribution is 2.30. The molecule has 0 unspecified atom stereocenters. The number of ether oxygens (including phenoxy) is 2. The minimum atomic E-state index is 0.597. The van der Waals surface area contributed by atoms with Gasteiger partial charge < -0.3 is 15.2 Å². The molecule has 0 fully saturated rings. The van der Waals surface area contributed by atoms with E-state index in [0.29, 0.717) is 23.0 Å². The largest absolute Gasteiger partial charge is 0.493 e. The molecule has 0 bridgehead atoms. The summed E-state index contributed by atoms with van der Waals surface area (Å²) < 4.78 is 12.2. The highest BCUT2D eigenvalue weighted by atomic mass is 16.5. The van der Waals surface area contributed by atoms with Crippen LogP contribution in [0.1, 0.15) is 0 Å². The number of nitrogen functional groups attached to an aromatic ring is 1. The number of nitrogens with two attached hydrogens (primary N) is 1. The van der Waals surface area contributed by atoms with Gasteiger partial charge in [-0.25, -0.2) is 0 Å². The van der Waals surface area contributed by atoms with E-state index in [0.717, 1.165) is 11.3 Å².